The van der Waals surface area contributed by atoms with Gasteiger partial charge in [0, 0.05) is 18.0 Å². The Morgan fingerprint density at radius 3 is 2.18 bits per heavy atom. The summed E-state index contributed by atoms with van der Waals surface area (Å²) in [5.41, 5.74) is 4.70. The summed E-state index contributed by atoms with van der Waals surface area (Å²) < 4.78 is 55.6. The molecule has 1 fully saturated rings. The highest BCUT2D eigenvalue weighted by molar-refractivity contribution is 7.94. The Balaban J connectivity index is 1.57. The predicted octanol–water partition coefficient (Wildman–Crippen LogP) is 7.80. The van der Waals surface area contributed by atoms with E-state index in [1.165, 1.54) is 43.5 Å². The van der Waals surface area contributed by atoms with E-state index < -0.39 is 20.0 Å². The number of rotatable bonds is 12. The lowest BCUT2D eigenvalue weighted by molar-refractivity contribution is 0.461. The molecule has 234 valence electrons. The highest BCUT2D eigenvalue weighted by Crippen LogP contribution is 2.36. The Kier molecular flexibility index (Phi) is 10.6. The molecule has 1 saturated carbocycles. The molecule has 3 N–H and O–H groups in total. The van der Waals surface area contributed by atoms with E-state index in [1.807, 2.05) is 20.8 Å². The van der Waals surface area contributed by atoms with Crippen LogP contribution in [-0.2, 0) is 20.0 Å². The van der Waals surface area contributed by atoms with Gasteiger partial charge in [0.05, 0.1) is 27.7 Å². The first-order valence-electron chi connectivity index (χ1n) is 14.2. The van der Waals surface area contributed by atoms with Gasteiger partial charge in [-0.15, -0.1) is 5.11 Å². The fourth-order valence-electron chi connectivity index (χ4n) is 4.72. The Bertz CT molecular complexity index is 1780. The maximum absolute atomic E-state index is 12.0. The minimum atomic E-state index is -4.28. The van der Waals surface area contributed by atoms with E-state index in [4.69, 9.17) is 9.54 Å². The summed E-state index contributed by atoms with van der Waals surface area (Å²) in [7, 11) is -7.68. The third-order valence-electron chi connectivity index (χ3n) is 7.45. The van der Waals surface area contributed by atoms with Crippen LogP contribution < -0.4 is 10.6 Å². The number of azo groups is 2. The summed E-state index contributed by atoms with van der Waals surface area (Å²) in [5.74, 6) is 1.06. The van der Waals surface area contributed by atoms with Crippen molar-refractivity contribution in [3.8, 4) is 0 Å². The van der Waals surface area contributed by atoms with E-state index in [-0.39, 0.29) is 17.2 Å². The fourth-order valence-corrected chi connectivity index (χ4v) is 5.75. The van der Waals surface area contributed by atoms with E-state index in [9.17, 15) is 16.8 Å². The minimum absolute atomic E-state index is 0.131. The molecule has 12 nitrogen and oxygen atoms in total. The van der Waals surface area contributed by atoms with E-state index in [0.29, 0.717) is 34.6 Å². The zero-order valence-electron chi connectivity index (χ0n) is 25.0. The molecule has 0 atom stereocenters. The lowest BCUT2D eigenvalue weighted by Crippen LogP contribution is -2.24. The SMILES string of the molecule is C=CS(=O)(=O)CCNc1nc(NC2CCCCC2)c(C)c(C)c1N=Nc1ccc(N=Nc2ccc(S(=O)(=O)O)cc2)cc1C. The molecule has 0 amide bonds. The number of anilines is 2. The van der Waals surface area contributed by atoms with Gasteiger partial charge in [0.15, 0.2) is 15.7 Å². The lowest BCUT2D eigenvalue weighted by Gasteiger charge is -2.25. The topological polar surface area (TPSA) is 175 Å². The van der Waals surface area contributed by atoms with Crippen LogP contribution in [0.2, 0.25) is 0 Å². The number of benzene rings is 2. The lowest BCUT2D eigenvalue weighted by atomic mass is 9.95. The van der Waals surface area contributed by atoms with Gasteiger partial charge < -0.3 is 10.6 Å². The van der Waals surface area contributed by atoms with Crippen LogP contribution in [0, 0.1) is 20.8 Å². The first kappa shape index (κ1) is 32.9. The van der Waals surface area contributed by atoms with Gasteiger partial charge in [0.25, 0.3) is 10.1 Å². The second-order valence-corrected chi connectivity index (χ2v) is 14.2. The Morgan fingerprint density at radius 1 is 0.886 bits per heavy atom. The Morgan fingerprint density at radius 2 is 1.55 bits per heavy atom. The second kappa shape index (κ2) is 14.2. The van der Waals surface area contributed by atoms with Gasteiger partial charge >= 0.3 is 0 Å². The average Bonchev–Trinajstić information content (AvgIpc) is 2.99. The molecular formula is C30H37N7O5S2. The van der Waals surface area contributed by atoms with Crippen molar-refractivity contribution in [2.45, 2.75) is 63.8 Å². The van der Waals surface area contributed by atoms with Crippen LogP contribution in [0.5, 0.6) is 0 Å². The number of hydrogen-bond donors (Lipinski definition) is 3. The second-order valence-electron chi connectivity index (χ2n) is 10.7. The van der Waals surface area contributed by atoms with Gasteiger partial charge in [0.2, 0.25) is 0 Å². The standard InChI is InChI=1S/C30H37N7O5S2/c1-5-43(38,39)18-17-31-30-28(21(3)22(4)29(33-30)32-23-9-7-6-8-10-23)37-36-27-16-13-25(19-20(27)2)35-34-24-11-14-26(15-12-24)44(40,41)42/h5,11-16,19,23H,1,6-10,17-18H2,2-4H3,(H2,31,32,33)(H,40,41,42). The summed E-state index contributed by atoms with van der Waals surface area (Å²) in [6.45, 7) is 9.31. The quantitative estimate of drug-likeness (QED) is 0.133. The maximum atomic E-state index is 12.0. The molecule has 1 aliphatic carbocycles. The van der Waals surface area contributed by atoms with Crippen LogP contribution >= 0.6 is 0 Å². The molecule has 14 heteroatoms. The maximum Gasteiger partial charge on any atom is 0.294 e. The molecule has 0 radical (unpaired) electrons. The largest absolute Gasteiger partial charge is 0.367 e. The predicted molar refractivity (Wildman–Crippen MR) is 172 cm³/mol. The van der Waals surface area contributed by atoms with Crippen molar-refractivity contribution in [2.75, 3.05) is 22.9 Å². The summed E-state index contributed by atoms with van der Waals surface area (Å²) in [6, 6.07) is 11.0. The van der Waals surface area contributed by atoms with Gasteiger partial charge in [-0.2, -0.15) is 23.8 Å². The number of sulfone groups is 1. The van der Waals surface area contributed by atoms with Crippen molar-refractivity contribution in [1.82, 2.24) is 4.98 Å². The number of aryl methyl sites for hydroxylation is 1. The fraction of sp³-hybridized carbons (Fsp3) is 0.367. The minimum Gasteiger partial charge on any atom is -0.367 e. The molecule has 3 aromatic rings. The number of nitrogens with one attached hydrogen (secondary N) is 2. The molecule has 0 bridgehead atoms. The number of hydrogen-bond acceptors (Lipinski definition) is 11. The molecule has 0 aliphatic heterocycles. The molecule has 1 heterocycles. The summed E-state index contributed by atoms with van der Waals surface area (Å²) in [5, 5.41) is 25.0. The van der Waals surface area contributed by atoms with Crippen LogP contribution in [0.15, 0.2) is 79.8 Å². The van der Waals surface area contributed by atoms with Gasteiger partial charge in [-0.05, 0) is 92.8 Å². The van der Waals surface area contributed by atoms with Crippen LogP contribution in [-0.4, -0.2) is 44.7 Å². The van der Waals surface area contributed by atoms with E-state index in [2.05, 4.69) is 37.7 Å². The molecule has 44 heavy (non-hydrogen) atoms. The summed E-state index contributed by atoms with van der Waals surface area (Å²) in [6.07, 6.45) is 5.75. The average molecular weight is 640 g/mol. The Hall–Kier alpha value is -4.01. The van der Waals surface area contributed by atoms with Crippen LogP contribution in [0.3, 0.4) is 0 Å². The van der Waals surface area contributed by atoms with Crippen molar-refractivity contribution in [3.05, 3.63) is 71.1 Å². The smallest absolute Gasteiger partial charge is 0.294 e. The van der Waals surface area contributed by atoms with Crippen molar-refractivity contribution in [1.29, 1.82) is 0 Å². The highest BCUT2D eigenvalue weighted by Gasteiger charge is 2.19. The molecule has 2 aromatic carbocycles. The molecule has 1 aromatic heterocycles. The summed E-state index contributed by atoms with van der Waals surface area (Å²) in [4.78, 5) is 4.60. The normalized spacial score (nSPS) is 14.7. The Labute approximate surface area is 258 Å². The third-order valence-corrected chi connectivity index (χ3v) is 9.60. The number of aromatic nitrogens is 1. The van der Waals surface area contributed by atoms with E-state index >= 15 is 0 Å². The van der Waals surface area contributed by atoms with E-state index in [0.717, 1.165) is 40.8 Å². The van der Waals surface area contributed by atoms with Crippen molar-refractivity contribution in [3.63, 3.8) is 0 Å². The van der Waals surface area contributed by atoms with E-state index in [1.54, 1.807) is 18.2 Å². The van der Waals surface area contributed by atoms with Crippen molar-refractivity contribution >= 4 is 54.3 Å². The first-order chi connectivity index (χ1) is 20.9. The van der Waals surface area contributed by atoms with Crippen molar-refractivity contribution < 1.29 is 21.4 Å². The third kappa shape index (κ3) is 8.77. The molecule has 0 spiro atoms. The molecule has 0 saturated heterocycles. The molecule has 4 rings (SSSR count). The first-order valence-corrected chi connectivity index (χ1v) is 17.4. The van der Waals surface area contributed by atoms with Crippen LogP contribution in [0.4, 0.5) is 34.4 Å². The van der Waals surface area contributed by atoms with Gasteiger partial charge in [0.1, 0.15) is 11.5 Å². The zero-order chi connectivity index (χ0) is 31.9. The van der Waals surface area contributed by atoms with Gasteiger partial charge in [-0.1, -0.05) is 25.8 Å². The highest BCUT2D eigenvalue weighted by atomic mass is 32.2. The van der Waals surface area contributed by atoms with Gasteiger partial charge in [-0.3, -0.25) is 4.55 Å². The van der Waals surface area contributed by atoms with Gasteiger partial charge in [-0.25, -0.2) is 13.4 Å². The number of pyridine rings is 1. The molecular weight excluding hydrogens is 603 g/mol. The van der Waals surface area contributed by atoms with Crippen LogP contribution in [0.1, 0.15) is 48.8 Å². The monoisotopic (exact) mass is 639 g/mol. The zero-order valence-corrected chi connectivity index (χ0v) is 26.6. The van der Waals surface area contributed by atoms with Crippen LogP contribution in [0.25, 0.3) is 0 Å². The molecule has 1 aliphatic rings. The molecule has 0 unspecified atom stereocenters. The number of nitrogens with zero attached hydrogens (tertiary/aromatic N) is 5. The summed E-state index contributed by atoms with van der Waals surface area (Å²) >= 11 is 0. The van der Waals surface area contributed by atoms with Crippen molar-refractivity contribution in [2.24, 2.45) is 20.5 Å².